The maximum absolute atomic E-state index is 9.02. The van der Waals surface area contributed by atoms with Crippen LogP contribution < -0.4 is 4.74 Å². The summed E-state index contributed by atoms with van der Waals surface area (Å²) < 4.78 is 5.78. The van der Waals surface area contributed by atoms with E-state index in [9.17, 15) is 0 Å². The van der Waals surface area contributed by atoms with E-state index in [1.807, 2.05) is 36.4 Å². The Kier molecular flexibility index (Phi) is 4.56. The van der Waals surface area contributed by atoms with E-state index >= 15 is 0 Å². The van der Waals surface area contributed by atoms with E-state index in [1.54, 1.807) is 6.20 Å². The van der Waals surface area contributed by atoms with Gasteiger partial charge in [0.05, 0.1) is 5.88 Å². The first-order chi connectivity index (χ1) is 8.85. The number of halogens is 1. The van der Waals surface area contributed by atoms with Crippen molar-refractivity contribution in [1.29, 1.82) is 0 Å². The van der Waals surface area contributed by atoms with Crippen molar-refractivity contribution in [2.24, 2.45) is 0 Å². The van der Waals surface area contributed by atoms with Gasteiger partial charge in [-0.2, -0.15) is 0 Å². The highest BCUT2D eigenvalue weighted by atomic mass is 35.5. The number of para-hydroxylation sites is 1. The molecule has 1 heterocycles. The zero-order valence-electron chi connectivity index (χ0n) is 9.84. The van der Waals surface area contributed by atoms with E-state index in [0.717, 1.165) is 11.1 Å². The van der Waals surface area contributed by atoms with Gasteiger partial charge in [-0.15, -0.1) is 11.6 Å². The van der Waals surface area contributed by atoms with Crippen LogP contribution in [0.25, 0.3) is 0 Å². The maximum Gasteiger partial charge on any atom is 0.223 e. The molecule has 0 aliphatic carbocycles. The number of aromatic nitrogens is 1. The molecule has 0 aliphatic heterocycles. The third-order valence-corrected chi connectivity index (χ3v) is 2.84. The fraction of sp³-hybridized carbons (Fsp3) is 0.214. The summed E-state index contributed by atoms with van der Waals surface area (Å²) in [6.07, 6.45) is 2.22. The number of alkyl halides is 1. The largest absolute Gasteiger partial charge is 0.438 e. The van der Waals surface area contributed by atoms with Gasteiger partial charge in [-0.1, -0.05) is 24.3 Å². The third kappa shape index (κ3) is 3.00. The van der Waals surface area contributed by atoms with Crippen molar-refractivity contribution >= 4 is 11.6 Å². The molecule has 0 fully saturated rings. The Balaban J connectivity index is 2.28. The molecule has 0 amide bonds. The molecule has 0 saturated carbocycles. The van der Waals surface area contributed by atoms with E-state index in [1.165, 1.54) is 0 Å². The first-order valence-corrected chi connectivity index (χ1v) is 6.25. The van der Waals surface area contributed by atoms with Gasteiger partial charge in [0.2, 0.25) is 5.88 Å². The van der Waals surface area contributed by atoms with Gasteiger partial charge in [-0.05, 0) is 24.1 Å². The Morgan fingerprint density at radius 1 is 1.11 bits per heavy atom. The van der Waals surface area contributed by atoms with Crippen molar-refractivity contribution in [3.63, 3.8) is 0 Å². The number of aliphatic hydroxyl groups excluding tert-OH is 1. The summed E-state index contributed by atoms with van der Waals surface area (Å²) in [5.74, 6) is 1.57. The second kappa shape index (κ2) is 6.38. The molecule has 0 unspecified atom stereocenters. The fourth-order valence-corrected chi connectivity index (χ4v) is 1.86. The predicted octanol–water partition coefficient (Wildman–Crippen LogP) is 3.15. The van der Waals surface area contributed by atoms with Gasteiger partial charge in [0.15, 0.2) is 0 Å². The van der Waals surface area contributed by atoms with Crippen LogP contribution in [0.3, 0.4) is 0 Å². The van der Waals surface area contributed by atoms with Crippen LogP contribution in [0.1, 0.15) is 11.1 Å². The summed E-state index contributed by atoms with van der Waals surface area (Å²) in [7, 11) is 0. The van der Waals surface area contributed by atoms with Crippen LogP contribution >= 0.6 is 11.6 Å². The first kappa shape index (κ1) is 12.9. The van der Waals surface area contributed by atoms with E-state index in [4.69, 9.17) is 21.4 Å². The predicted molar refractivity (Wildman–Crippen MR) is 71.1 cm³/mol. The molecule has 94 valence electrons. The molecule has 0 atom stereocenters. The topological polar surface area (TPSA) is 42.4 Å². The molecule has 2 rings (SSSR count). The van der Waals surface area contributed by atoms with Gasteiger partial charge in [-0.25, -0.2) is 4.98 Å². The van der Waals surface area contributed by atoms with Crippen molar-refractivity contribution in [1.82, 2.24) is 4.98 Å². The summed E-state index contributed by atoms with van der Waals surface area (Å²) >= 11 is 5.84. The number of aliphatic hydroxyl groups is 1. The smallest absolute Gasteiger partial charge is 0.223 e. The summed E-state index contributed by atoms with van der Waals surface area (Å²) in [5.41, 5.74) is 1.80. The van der Waals surface area contributed by atoms with Crippen LogP contribution in [0.2, 0.25) is 0 Å². The third-order valence-electron chi connectivity index (χ3n) is 2.55. The normalized spacial score (nSPS) is 10.3. The number of pyridine rings is 1. The molecule has 1 N–H and O–H groups in total. The molecule has 1 aromatic carbocycles. The average Bonchev–Trinajstić information content (AvgIpc) is 2.42. The minimum absolute atomic E-state index is 0.0882. The molecule has 1 aromatic heterocycles. The second-order valence-electron chi connectivity index (χ2n) is 3.78. The zero-order valence-corrected chi connectivity index (χ0v) is 10.6. The van der Waals surface area contributed by atoms with Crippen molar-refractivity contribution in [2.75, 3.05) is 6.61 Å². The first-order valence-electron chi connectivity index (χ1n) is 5.71. The Bertz CT molecular complexity index is 517. The summed E-state index contributed by atoms with van der Waals surface area (Å²) in [4.78, 5) is 4.18. The minimum Gasteiger partial charge on any atom is -0.438 e. The van der Waals surface area contributed by atoms with Gasteiger partial charge in [-0.3, -0.25) is 0 Å². The summed E-state index contributed by atoms with van der Waals surface area (Å²) in [5, 5.41) is 9.02. The molecule has 0 aliphatic rings. The second-order valence-corrected chi connectivity index (χ2v) is 4.05. The minimum atomic E-state index is 0.0882. The number of nitrogens with zero attached hydrogens (tertiary/aromatic N) is 1. The molecule has 4 heteroatoms. The quantitative estimate of drug-likeness (QED) is 0.843. The summed E-state index contributed by atoms with van der Waals surface area (Å²) in [6.45, 7) is 0.0882. The van der Waals surface area contributed by atoms with Crippen molar-refractivity contribution < 1.29 is 9.84 Å². The molecule has 0 spiro atoms. The van der Waals surface area contributed by atoms with Crippen LogP contribution in [-0.2, 0) is 12.3 Å². The van der Waals surface area contributed by atoms with Gasteiger partial charge in [0.1, 0.15) is 5.75 Å². The number of ether oxygens (including phenoxy) is 1. The van der Waals surface area contributed by atoms with Crippen LogP contribution in [-0.4, -0.2) is 16.7 Å². The van der Waals surface area contributed by atoms with E-state index in [-0.39, 0.29) is 6.61 Å². The molecule has 0 saturated heterocycles. The maximum atomic E-state index is 9.02. The zero-order chi connectivity index (χ0) is 12.8. The Morgan fingerprint density at radius 2 is 1.89 bits per heavy atom. The molecule has 18 heavy (non-hydrogen) atoms. The van der Waals surface area contributed by atoms with E-state index in [2.05, 4.69) is 4.98 Å². The fourth-order valence-electron chi connectivity index (χ4n) is 1.65. The van der Waals surface area contributed by atoms with Gasteiger partial charge >= 0.3 is 0 Å². The Labute approximate surface area is 111 Å². The van der Waals surface area contributed by atoms with Crippen LogP contribution in [0.5, 0.6) is 11.6 Å². The van der Waals surface area contributed by atoms with Gasteiger partial charge in [0.25, 0.3) is 0 Å². The lowest BCUT2D eigenvalue weighted by molar-refractivity contribution is 0.297. The van der Waals surface area contributed by atoms with E-state index < -0.39 is 0 Å². The molecule has 3 nitrogen and oxygen atoms in total. The van der Waals surface area contributed by atoms with Crippen LogP contribution in [0.4, 0.5) is 0 Å². The SMILES string of the molecule is OCCc1ccccc1Oc1ncccc1CCl. The van der Waals surface area contributed by atoms with Crippen molar-refractivity contribution in [3.05, 3.63) is 53.7 Å². The summed E-state index contributed by atoms with van der Waals surface area (Å²) in [6, 6.07) is 11.3. The van der Waals surface area contributed by atoms with E-state index in [0.29, 0.717) is 23.9 Å². The highest BCUT2D eigenvalue weighted by Crippen LogP contribution is 2.27. The lowest BCUT2D eigenvalue weighted by atomic mass is 10.1. The number of hydrogen-bond donors (Lipinski definition) is 1. The van der Waals surface area contributed by atoms with Crippen molar-refractivity contribution in [3.8, 4) is 11.6 Å². The van der Waals surface area contributed by atoms with Crippen LogP contribution in [0, 0.1) is 0 Å². The molecule has 2 aromatic rings. The van der Waals surface area contributed by atoms with Gasteiger partial charge in [0, 0.05) is 18.4 Å². The standard InChI is InChI=1S/C14H14ClNO2/c15-10-12-5-3-8-16-14(12)18-13-6-2-1-4-11(13)7-9-17/h1-6,8,17H,7,9-10H2. The highest BCUT2D eigenvalue weighted by molar-refractivity contribution is 6.17. The highest BCUT2D eigenvalue weighted by Gasteiger charge is 2.08. The number of rotatable bonds is 5. The average molecular weight is 264 g/mol. The molecule has 0 bridgehead atoms. The lowest BCUT2D eigenvalue weighted by Gasteiger charge is -2.11. The number of hydrogen-bond acceptors (Lipinski definition) is 3. The molecular formula is C14H14ClNO2. The molecule has 0 radical (unpaired) electrons. The number of benzene rings is 1. The van der Waals surface area contributed by atoms with Crippen LogP contribution in [0.15, 0.2) is 42.6 Å². The van der Waals surface area contributed by atoms with Crippen molar-refractivity contribution in [2.45, 2.75) is 12.3 Å². The monoisotopic (exact) mass is 263 g/mol. The Hall–Kier alpha value is -1.58. The Morgan fingerprint density at radius 3 is 2.67 bits per heavy atom. The lowest BCUT2D eigenvalue weighted by Crippen LogP contribution is -1.98. The van der Waals surface area contributed by atoms with Gasteiger partial charge < -0.3 is 9.84 Å². The molecular weight excluding hydrogens is 250 g/mol.